The number of hydrogen-bond acceptors (Lipinski definition) is 4. The average Bonchev–Trinajstić information content (AvgIpc) is 2.83. The molecule has 4 heteroatoms. The molecule has 0 heterocycles. The minimum Gasteiger partial charge on any atom is -0.468 e. The quantitative estimate of drug-likeness (QED) is 0.550. The Morgan fingerprint density at radius 1 is 1.05 bits per heavy atom. The van der Waals surface area contributed by atoms with E-state index in [1.807, 2.05) is 0 Å². The number of methoxy groups -OCH3 is 2. The maximum absolute atomic E-state index is 12.1. The van der Waals surface area contributed by atoms with Crippen molar-refractivity contribution in [1.29, 1.82) is 0 Å². The number of carbonyl (C=O) groups is 2. The maximum atomic E-state index is 12.1. The Kier molecular flexibility index (Phi) is 5.83. The van der Waals surface area contributed by atoms with Crippen LogP contribution in [0, 0.1) is 17.3 Å². The highest BCUT2D eigenvalue weighted by atomic mass is 16.5. The molecule has 2 atom stereocenters. The standard InChI is InChI=1S/C15H26O4/c1-5-7-8-12-10-15(13(16)18-3,14(17)19-4)9-11(12)6-2/h11-12H,5-10H2,1-4H3/t11-,12-/m0/s1. The van der Waals surface area contributed by atoms with E-state index < -0.39 is 17.4 Å². The van der Waals surface area contributed by atoms with Crippen molar-refractivity contribution in [2.45, 2.75) is 52.4 Å². The Morgan fingerprint density at radius 2 is 1.58 bits per heavy atom. The van der Waals surface area contributed by atoms with Crippen molar-refractivity contribution in [2.75, 3.05) is 14.2 Å². The summed E-state index contributed by atoms with van der Waals surface area (Å²) in [6.45, 7) is 4.28. The van der Waals surface area contributed by atoms with Gasteiger partial charge in [0.1, 0.15) is 0 Å². The third kappa shape index (κ3) is 3.10. The molecule has 0 unspecified atom stereocenters. The lowest BCUT2D eigenvalue weighted by atomic mass is 9.84. The summed E-state index contributed by atoms with van der Waals surface area (Å²) in [5, 5.41) is 0. The molecular formula is C15H26O4. The summed E-state index contributed by atoms with van der Waals surface area (Å²) in [6.07, 6.45) is 5.48. The van der Waals surface area contributed by atoms with Crippen molar-refractivity contribution < 1.29 is 19.1 Å². The fourth-order valence-electron chi connectivity index (χ4n) is 3.40. The summed E-state index contributed by atoms with van der Waals surface area (Å²) < 4.78 is 9.73. The van der Waals surface area contributed by atoms with E-state index in [9.17, 15) is 9.59 Å². The van der Waals surface area contributed by atoms with Crippen molar-refractivity contribution in [1.82, 2.24) is 0 Å². The van der Waals surface area contributed by atoms with Gasteiger partial charge >= 0.3 is 11.9 Å². The first-order valence-electron chi connectivity index (χ1n) is 7.22. The van der Waals surface area contributed by atoms with Gasteiger partial charge < -0.3 is 9.47 Å². The average molecular weight is 270 g/mol. The molecule has 0 bridgehead atoms. The summed E-state index contributed by atoms with van der Waals surface area (Å²) in [5.74, 6) is -0.0403. The van der Waals surface area contributed by atoms with Gasteiger partial charge in [-0.1, -0.05) is 39.5 Å². The molecule has 0 aromatic heterocycles. The summed E-state index contributed by atoms with van der Waals surface area (Å²) in [4.78, 5) is 24.2. The lowest BCUT2D eigenvalue weighted by Crippen LogP contribution is -2.39. The van der Waals surface area contributed by atoms with E-state index in [2.05, 4.69) is 13.8 Å². The smallest absolute Gasteiger partial charge is 0.323 e. The molecule has 0 N–H and O–H groups in total. The molecule has 1 aliphatic rings. The van der Waals surface area contributed by atoms with E-state index in [1.54, 1.807) is 0 Å². The minimum absolute atomic E-state index is 0.407. The molecule has 0 aliphatic heterocycles. The summed E-state index contributed by atoms with van der Waals surface area (Å²) in [6, 6.07) is 0. The number of carbonyl (C=O) groups excluding carboxylic acids is 2. The van der Waals surface area contributed by atoms with E-state index in [0.29, 0.717) is 24.7 Å². The van der Waals surface area contributed by atoms with Crippen molar-refractivity contribution >= 4 is 11.9 Å². The summed E-state index contributed by atoms with van der Waals surface area (Å²) >= 11 is 0. The van der Waals surface area contributed by atoms with Gasteiger partial charge in [0, 0.05) is 0 Å². The summed E-state index contributed by atoms with van der Waals surface area (Å²) in [7, 11) is 2.68. The topological polar surface area (TPSA) is 52.6 Å². The summed E-state index contributed by atoms with van der Waals surface area (Å²) in [5.41, 5.74) is -1.07. The van der Waals surface area contributed by atoms with Gasteiger partial charge in [0.15, 0.2) is 5.41 Å². The first-order chi connectivity index (χ1) is 9.05. The van der Waals surface area contributed by atoms with Gasteiger partial charge in [-0.2, -0.15) is 0 Å². The predicted molar refractivity (Wildman–Crippen MR) is 72.5 cm³/mol. The van der Waals surface area contributed by atoms with Crippen LogP contribution in [0.5, 0.6) is 0 Å². The normalized spacial score (nSPS) is 25.1. The Balaban J connectivity index is 2.95. The highest BCUT2D eigenvalue weighted by Gasteiger charge is 2.56. The van der Waals surface area contributed by atoms with Gasteiger partial charge in [-0.25, -0.2) is 0 Å². The van der Waals surface area contributed by atoms with E-state index in [-0.39, 0.29) is 0 Å². The molecule has 0 saturated heterocycles. The zero-order valence-corrected chi connectivity index (χ0v) is 12.5. The van der Waals surface area contributed by atoms with Crippen molar-refractivity contribution in [2.24, 2.45) is 17.3 Å². The second-order valence-corrected chi connectivity index (χ2v) is 5.54. The molecule has 110 valence electrons. The Morgan fingerprint density at radius 3 is 2.00 bits per heavy atom. The Labute approximate surface area is 115 Å². The van der Waals surface area contributed by atoms with E-state index in [1.165, 1.54) is 14.2 Å². The third-order valence-electron chi connectivity index (χ3n) is 4.49. The lowest BCUT2D eigenvalue weighted by molar-refractivity contribution is -0.169. The molecule has 1 rings (SSSR count). The SMILES string of the molecule is CCCC[C@H]1CC(C(=O)OC)(C(=O)OC)C[C@@H]1CC. The van der Waals surface area contributed by atoms with Crippen molar-refractivity contribution in [3.63, 3.8) is 0 Å². The zero-order chi connectivity index (χ0) is 14.5. The van der Waals surface area contributed by atoms with Gasteiger partial charge in [0.2, 0.25) is 0 Å². The minimum atomic E-state index is -1.07. The molecular weight excluding hydrogens is 244 g/mol. The number of esters is 2. The van der Waals surface area contributed by atoms with Gasteiger partial charge in [-0.05, 0) is 24.7 Å². The van der Waals surface area contributed by atoms with Gasteiger partial charge in [-0.3, -0.25) is 9.59 Å². The zero-order valence-electron chi connectivity index (χ0n) is 12.5. The highest BCUT2D eigenvalue weighted by Crippen LogP contribution is 2.50. The molecule has 0 aromatic rings. The second kappa shape index (κ2) is 6.92. The molecule has 0 radical (unpaired) electrons. The predicted octanol–water partition coefficient (Wildman–Crippen LogP) is 2.95. The largest absolute Gasteiger partial charge is 0.468 e. The number of hydrogen-bond donors (Lipinski definition) is 0. The van der Waals surface area contributed by atoms with E-state index >= 15 is 0 Å². The first-order valence-corrected chi connectivity index (χ1v) is 7.22. The van der Waals surface area contributed by atoms with Gasteiger partial charge in [-0.15, -0.1) is 0 Å². The van der Waals surface area contributed by atoms with Gasteiger partial charge in [0.25, 0.3) is 0 Å². The Hall–Kier alpha value is -1.06. The van der Waals surface area contributed by atoms with Crippen LogP contribution < -0.4 is 0 Å². The number of rotatable bonds is 6. The molecule has 1 saturated carbocycles. The van der Waals surface area contributed by atoms with E-state index in [0.717, 1.165) is 25.7 Å². The van der Waals surface area contributed by atoms with Crippen LogP contribution >= 0.6 is 0 Å². The molecule has 19 heavy (non-hydrogen) atoms. The van der Waals surface area contributed by atoms with Crippen LogP contribution in [0.1, 0.15) is 52.4 Å². The molecule has 4 nitrogen and oxygen atoms in total. The maximum Gasteiger partial charge on any atom is 0.323 e. The van der Waals surface area contributed by atoms with Crippen molar-refractivity contribution in [3.8, 4) is 0 Å². The third-order valence-corrected chi connectivity index (χ3v) is 4.49. The molecule has 0 amide bonds. The van der Waals surface area contributed by atoms with E-state index in [4.69, 9.17) is 9.47 Å². The highest BCUT2D eigenvalue weighted by molar-refractivity contribution is 6.00. The van der Waals surface area contributed by atoms with Gasteiger partial charge in [0.05, 0.1) is 14.2 Å². The fraction of sp³-hybridized carbons (Fsp3) is 0.867. The number of unbranched alkanes of at least 4 members (excludes halogenated alkanes) is 1. The van der Waals surface area contributed by atoms with Crippen LogP contribution in [0.15, 0.2) is 0 Å². The van der Waals surface area contributed by atoms with Crippen LogP contribution in [0.2, 0.25) is 0 Å². The number of ether oxygens (including phenoxy) is 2. The van der Waals surface area contributed by atoms with Crippen LogP contribution in [-0.2, 0) is 19.1 Å². The monoisotopic (exact) mass is 270 g/mol. The molecule has 0 spiro atoms. The second-order valence-electron chi connectivity index (χ2n) is 5.54. The van der Waals surface area contributed by atoms with Crippen LogP contribution in [-0.4, -0.2) is 26.2 Å². The van der Waals surface area contributed by atoms with Crippen molar-refractivity contribution in [3.05, 3.63) is 0 Å². The molecule has 0 aromatic carbocycles. The first kappa shape index (κ1) is 16.0. The lowest BCUT2D eigenvalue weighted by Gasteiger charge is -2.23. The van der Waals surface area contributed by atoms with Crippen LogP contribution in [0.25, 0.3) is 0 Å². The molecule has 1 aliphatic carbocycles. The van der Waals surface area contributed by atoms with Crippen LogP contribution in [0.4, 0.5) is 0 Å². The molecule has 1 fully saturated rings. The van der Waals surface area contributed by atoms with Crippen LogP contribution in [0.3, 0.4) is 0 Å². The Bertz CT molecular complexity index is 308. The fourth-order valence-corrected chi connectivity index (χ4v) is 3.40.